The van der Waals surface area contributed by atoms with Crippen LogP contribution in [0.5, 0.6) is 5.88 Å². The second-order valence-electron chi connectivity index (χ2n) is 3.15. The molecule has 1 aromatic rings. The molecule has 0 spiro atoms. The highest BCUT2D eigenvalue weighted by Crippen LogP contribution is 2.38. The Morgan fingerprint density at radius 1 is 1.53 bits per heavy atom. The summed E-state index contributed by atoms with van der Waals surface area (Å²) in [5.74, 6) is -0.410. The minimum Gasteiger partial charge on any atom is -0.481 e. The van der Waals surface area contributed by atoms with Crippen LogP contribution in [0.4, 0.5) is 13.2 Å². The fourth-order valence-electron chi connectivity index (χ4n) is 1.25. The molecule has 15 heavy (non-hydrogen) atoms. The van der Waals surface area contributed by atoms with Crippen LogP contribution in [0, 0.1) is 0 Å². The van der Waals surface area contributed by atoms with Crippen molar-refractivity contribution in [2.24, 2.45) is 0 Å². The smallest absolute Gasteiger partial charge is 0.421 e. The molecule has 2 heterocycles. The zero-order valence-corrected chi connectivity index (χ0v) is 7.84. The molecule has 1 atom stereocenters. The zero-order chi connectivity index (χ0) is 11.1. The Hall–Kier alpha value is -1.30. The van der Waals surface area contributed by atoms with E-state index in [-0.39, 0.29) is 6.10 Å². The van der Waals surface area contributed by atoms with Gasteiger partial charge in [0.2, 0.25) is 5.88 Å². The van der Waals surface area contributed by atoms with Gasteiger partial charge in [0.1, 0.15) is 11.7 Å². The van der Waals surface area contributed by atoms with E-state index in [1.165, 1.54) is 6.20 Å². The number of halogens is 3. The molecule has 82 valence electrons. The molecule has 3 nitrogen and oxygen atoms in total. The molecule has 0 aromatic carbocycles. The van der Waals surface area contributed by atoms with E-state index in [4.69, 9.17) is 4.74 Å². The maximum Gasteiger partial charge on any atom is 0.421 e. The van der Waals surface area contributed by atoms with Crippen LogP contribution < -0.4 is 4.74 Å². The fraction of sp³-hybridized carbons (Fsp3) is 0.444. The molecular weight excluding hydrogens is 211 g/mol. The first-order chi connectivity index (χ1) is 7.02. The van der Waals surface area contributed by atoms with E-state index in [1.807, 2.05) is 0 Å². The third-order valence-corrected chi connectivity index (χ3v) is 2.08. The van der Waals surface area contributed by atoms with Gasteiger partial charge in [0, 0.05) is 11.8 Å². The van der Waals surface area contributed by atoms with E-state index < -0.39 is 17.6 Å². The molecule has 1 fully saturated rings. The number of aromatic nitrogens is 1. The molecule has 0 amide bonds. The molecule has 1 saturated heterocycles. The maximum atomic E-state index is 12.5. The van der Waals surface area contributed by atoms with Gasteiger partial charge in [-0.15, -0.1) is 0 Å². The van der Waals surface area contributed by atoms with E-state index in [2.05, 4.69) is 9.72 Å². The summed E-state index contributed by atoms with van der Waals surface area (Å²) in [5, 5.41) is 0. The Bertz CT molecular complexity index is 374. The molecule has 6 heteroatoms. The molecule has 1 unspecified atom stereocenters. The van der Waals surface area contributed by atoms with Crippen LogP contribution in [0.1, 0.15) is 17.2 Å². The van der Waals surface area contributed by atoms with Crippen molar-refractivity contribution in [3.63, 3.8) is 0 Å². The summed E-state index contributed by atoms with van der Waals surface area (Å²) >= 11 is 0. The summed E-state index contributed by atoms with van der Waals surface area (Å²) in [6, 6.07) is 1.02. The van der Waals surface area contributed by atoms with Crippen LogP contribution in [0.25, 0.3) is 0 Å². The first-order valence-corrected chi connectivity index (χ1v) is 4.25. The molecule has 1 aliphatic rings. The first-order valence-electron chi connectivity index (χ1n) is 4.25. The number of rotatable bonds is 2. The number of alkyl halides is 3. The molecule has 0 bridgehead atoms. The molecule has 0 radical (unpaired) electrons. The number of methoxy groups -OCH3 is 1. The van der Waals surface area contributed by atoms with Crippen LogP contribution in [0.2, 0.25) is 0 Å². The van der Waals surface area contributed by atoms with Crippen molar-refractivity contribution in [2.45, 2.75) is 12.3 Å². The molecule has 1 aliphatic heterocycles. The Morgan fingerprint density at radius 2 is 2.20 bits per heavy atom. The van der Waals surface area contributed by atoms with Crippen molar-refractivity contribution in [1.29, 1.82) is 0 Å². The summed E-state index contributed by atoms with van der Waals surface area (Å²) in [6.45, 7) is 0.450. The largest absolute Gasteiger partial charge is 0.481 e. The fourth-order valence-corrected chi connectivity index (χ4v) is 1.25. The molecule has 0 saturated carbocycles. The van der Waals surface area contributed by atoms with E-state index in [0.29, 0.717) is 12.2 Å². The Balaban J connectivity index is 2.42. The van der Waals surface area contributed by atoms with Crippen molar-refractivity contribution >= 4 is 0 Å². The topological polar surface area (TPSA) is 34.6 Å². The van der Waals surface area contributed by atoms with Crippen LogP contribution >= 0.6 is 0 Å². The third-order valence-electron chi connectivity index (χ3n) is 2.08. The Kier molecular flexibility index (Phi) is 2.30. The Labute approximate surface area is 83.8 Å². The van der Waals surface area contributed by atoms with Crippen LogP contribution in [-0.4, -0.2) is 18.7 Å². The highest BCUT2D eigenvalue weighted by atomic mass is 19.4. The van der Waals surface area contributed by atoms with Crippen LogP contribution in [0.3, 0.4) is 0 Å². The molecule has 2 rings (SSSR count). The average molecular weight is 219 g/mol. The van der Waals surface area contributed by atoms with Crippen molar-refractivity contribution < 1.29 is 22.6 Å². The van der Waals surface area contributed by atoms with Crippen molar-refractivity contribution in [1.82, 2.24) is 4.98 Å². The van der Waals surface area contributed by atoms with E-state index in [1.54, 1.807) is 0 Å². The maximum absolute atomic E-state index is 12.5. The third kappa shape index (κ3) is 2.04. The van der Waals surface area contributed by atoms with Gasteiger partial charge in [-0.3, -0.25) is 0 Å². The standard InChI is InChI=1S/C9H8F3NO2/c1-14-8-6(9(10,11)12)2-5(3-13-8)7-4-15-7/h2-3,7H,4H2,1H3. The van der Waals surface area contributed by atoms with Gasteiger partial charge in [0.05, 0.1) is 13.7 Å². The van der Waals surface area contributed by atoms with Gasteiger partial charge in [0.15, 0.2) is 0 Å². The first kappa shape index (κ1) is 10.2. The second-order valence-corrected chi connectivity index (χ2v) is 3.15. The lowest BCUT2D eigenvalue weighted by molar-refractivity contribution is -0.139. The summed E-state index contributed by atoms with van der Waals surface area (Å²) in [6.07, 6.45) is -3.36. The number of pyridine rings is 1. The van der Waals surface area contributed by atoms with Crippen molar-refractivity contribution in [2.75, 3.05) is 13.7 Å². The number of nitrogens with zero attached hydrogens (tertiary/aromatic N) is 1. The minimum atomic E-state index is -4.46. The van der Waals surface area contributed by atoms with Gasteiger partial charge in [-0.25, -0.2) is 4.98 Å². The summed E-state index contributed by atoms with van der Waals surface area (Å²) in [5.41, 5.74) is -0.430. The monoisotopic (exact) mass is 219 g/mol. The van der Waals surface area contributed by atoms with Gasteiger partial charge < -0.3 is 9.47 Å². The predicted molar refractivity (Wildman–Crippen MR) is 44.5 cm³/mol. The van der Waals surface area contributed by atoms with Gasteiger partial charge >= 0.3 is 6.18 Å². The van der Waals surface area contributed by atoms with Gasteiger partial charge in [-0.1, -0.05) is 0 Å². The summed E-state index contributed by atoms with van der Waals surface area (Å²) in [7, 11) is 1.16. The van der Waals surface area contributed by atoms with E-state index >= 15 is 0 Å². The average Bonchev–Trinajstić information content (AvgIpc) is 2.98. The number of hydrogen-bond donors (Lipinski definition) is 0. The SMILES string of the molecule is COc1ncc(C2CO2)cc1C(F)(F)F. The molecule has 1 aromatic heterocycles. The molecule has 0 aliphatic carbocycles. The minimum absolute atomic E-state index is 0.246. The van der Waals surface area contributed by atoms with Crippen molar-refractivity contribution in [3.05, 3.63) is 23.4 Å². The number of ether oxygens (including phenoxy) is 2. The lowest BCUT2D eigenvalue weighted by Gasteiger charge is -2.11. The van der Waals surface area contributed by atoms with E-state index in [9.17, 15) is 13.2 Å². The van der Waals surface area contributed by atoms with E-state index in [0.717, 1.165) is 13.2 Å². The highest BCUT2D eigenvalue weighted by molar-refractivity contribution is 5.34. The summed E-state index contributed by atoms with van der Waals surface area (Å²) in [4.78, 5) is 3.60. The van der Waals surface area contributed by atoms with Crippen LogP contribution in [-0.2, 0) is 10.9 Å². The normalized spacial score (nSPS) is 20.1. The quantitative estimate of drug-likeness (QED) is 0.715. The van der Waals surface area contributed by atoms with Crippen LogP contribution in [0.15, 0.2) is 12.3 Å². The lowest BCUT2D eigenvalue weighted by atomic mass is 10.1. The number of epoxide rings is 1. The second kappa shape index (κ2) is 3.37. The van der Waals surface area contributed by atoms with Crippen molar-refractivity contribution in [3.8, 4) is 5.88 Å². The lowest BCUT2D eigenvalue weighted by Crippen LogP contribution is -2.09. The number of hydrogen-bond acceptors (Lipinski definition) is 3. The summed E-state index contributed by atoms with van der Waals surface area (Å²) < 4.78 is 47.1. The van der Waals surface area contributed by atoms with Gasteiger partial charge in [-0.2, -0.15) is 13.2 Å². The predicted octanol–water partition coefficient (Wildman–Crippen LogP) is 2.18. The molecule has 0 N–H and O–H groups in total. The van der Waals surface area contributed by atoms with Gasteiger partial charge in [-0.05, 0) is 6.07 Å². The van der Waals surface area contributed by atoms with Gasteiger partial charge in [0.25, 0.3) is 0 Å². The highest BCUT2D eigenvalue weighted by Gasteiger charge is 2.37. The molecular formula is C9H8F3NO2. The Morgan fingerprint density at radius 3 is 2.67 bits per heavy atom. The zero-order valence-electron chi connectivity index (χ0n) is 7.84.